The molecule has 1 N–H and O–H groups in total. The highest BCUT2D eigenvalue weighted by molar-refractivity contribution is 5.79. The third kappa shape index (κ3) is 3.75. The van der Waals surface area contributed by atoms with E-state index in [2.05, 4.69) is 5.32 Å². The van der Waals surface area contributed by atoms with Gasteiger partial charge in [-0.05, 0) is 37.6 Å². The van der Waals surface area contributed by atoms with Crippen LogP contribution in [-0.2, 0) is 17.5 Å². The maximum atomic E-state index is 12.5. The van der Waals surface area contributed by atoms with Gasteiger partial charge in [0.05, 0.1) is 11.5 Å². The molecule has 2 atom stereocenters. The number of amides is 1. The zero-order valence-corrected chi connectivity index (χ0v) is 12.1. The molecule has 1 saturated heterocycles. The summed E-state index contributed by atoms with van der Waals surface area (Å²) in [6.45, 7) is 3.12. The van der Waals surface area contributed by atoms with Crippen LogP contribution in [0.3, 0.4) is 0 Å². The quantitative estimate of drug-likeness (QED) is 0.931. The number of benzene rings is 1. The van der Waals surface area contributed by atoms with Crippen molar-refractivity contribution in [2.24, 2.45) is 5.92 Å². The van der Waals surface area contributed by atoms with Crippen molar-refractivity contribution >= 4 is 5.91 Å². The van der Waals surface area contributed by atoms with Crippen LogP contribution in [0.25, 0.3) is 0 Å². The highest BCUT2D eigenvalue weighted by atomic mass is 19.4. The average Bonchev–Trinajstić information content (AvgIpc) is 2.83. The van der Waals surface area contributed by atoms with Crippen LogP contribution in [0.5, 0.6) is 0 Å². The Bertz CT molecular complexity index is 499. The molecule has 0 aliphatic carbocycles. The van der Waals surface area contributed by atoms with Gasteiger partial charge in [0.15, 0.2) is 0 Å². The Morgan fingerprint density at radius 1 is 1.33 bits per heavy atom. The van der Waals surface area contributed by atoms with Crippen molar-refractivity contribution < 1.29 is 18.0 Å². The van der Waals surface area contributed by atoms with Crippen molar-refractivity contribution in [3.8, 4) is 0 Å². The van der Waals surface area contributed by atoms with Gasteiger partial charge < -0.3 is 10.2 Å². The zero-order chi connectivity index (χ0) is 15.6. The number of nitrogens with one attached hydrogen (secondary N) is 1. The van der Waals surface area contributed by atoms with Gasteiger partial charge in [-0.15, -0.1) is 0 Å². The SMILES string of the molecule is CC1NCCC1C(=O)N(C)Cc1ccc(C(F)(F)F)cc1. The smallest absolute Gasteiger partial charge is 0.341 e. The van der Waals surface area contributed by atoms with E-state index in [0.29, 0.717) is 12.1 Å². The number of carbonyl (C=O) groups excluding carboxylic acids is 1. The number of nitrogens with zero attached hydrogens (tertiary/aromatic N) is 1. The van der Waals surface area contributed by atoms with Gasteiger partial charge in [0.2, 0.25) is 5.91 Å². The van der Waals surface area contributed by atoms with E-state index in [-0.39, 0.29) is 17.9 Å². The van der Waals surface area contributed by atoms with Gasteiger partial charge in [0, 0.05) is 19.6 Å². The van der Waals surface area contributed by atoms with Crippen LogP contribution in [0.2, 0.25) is 0 Å². The van der Waals surface area contributed by atoms with Gasteiger partial charge in [0.25, 0.3) is 0 Å². The molecule has 1 heterocycles. The summed E-state index contributed by atoms with van der Waals surface area (Å²) < 4.78 is 37.5. The van der Waals surface area contributed by atoms with Crippen molar-refractivity contribution in [1.29, 1.82) is 0 Å². The fourth-order valence-corrected chi connectivity index (χ4v) is 2.63. The molecule has 0 aromatic heterocycles. The topological polar surface area (TPSA) is 32.3 Å². The Kier molecular flexibility index (Phi) is 4.56. The molecule has 1 aromatic rings. The molecule has 0 spiro atoms. The Morgan fingerprint density at radius 3 is 2.43 bits per heavy atom. The summed E-state index contributed by atoms with van der Waals surface area (Å²) in [5.74, 6) is -0.0168. The van der Waals surface area contributed by atoms with Crippen LogP contribution >= 0.6 is 0 Å². The minimum absolute atomic E-state index is 0.0346. The fourth-order valence-electron chi connectivity index (χ4n) is 2.63. The lowest BCUT2D eigenvalue weighted by Gasteiger charge is -2.23. The van der Waals surface area contributed by atoms with E-state index >= 15 is 0 Å². The number of carbonyl (C=O) groups is 1. The van der Waals surface area contributed by atoms with E-state index in [1.54, 1.807) is 11.9 Å². The molecule has 6 heteroatoms. The van der Waals surface area contributed by atoms with Gasteiger partial charge in [-0.25, -0.2) is 0 Å². The lowest BCUT2D eigenvalue weighted by Crippen LogP contribution is -2.37. The van der Waals surface area contributed by atoms with Gasteiger partial charge in [-0.3, -0.25) is 4.79 Å². The molecule has 116 valence electrons. The van der Waals surface area contributed by atoms with Crippen LogP contribution in [0.15, 0.2) is 24.3 Å². The summed E-state index contributed by atoms with van der Waals surface area (Å²) in [6.07, 6.45) is -3.53. The minimum atomic E-state index is -4.33. The molecule has 0 bridgehead atoms. The van der Waals surface area contributed by atoms with Crippen molar-refractivity contribution in [3.63, 3.8) is 0 Å². The second-order valence-electron chi connectivity index (χ2n) is 5.53. The number of rotatable bonds is 3. The van der Waals surface area contributed by atoms with Crippen LogP contribution in [0.4, 0.5) is 13.2 Å². The van der Waals surface area contributed by atoms with Crippen LogP contribution < -0.4 is 5.32 Å². The summed E-state index contributed by atoms with van der Waals surface area (Å²) in [5, 5.41) is 3.22. The normalized spacial score (nSPS) is 22.3. The van der Waals surface area contributed by atoms with Crippen LogP contribution in [0.1, 0.15) is 24.5 Å². The van der Waals surface area contributed by atoms with Crippen LogP contribution in [0, 0.1) is 5.92 Å². The Labute approximate surface area is 122 Å². The Balaban J connectivity index is 1.99. The maximum Gasteiger partial charge on any atom is 0.416 e. The second-order valence-corrected chi connectivity index (χ2v) is 5.53. The largest absolute Gasteiger partial charge is 0.416 e. The first-order chi connectivity index (χ1) is 9.79. The van der Waals surface area contributed by atoms with E-state index in [0.717, 1.165) is 25.1 Å². The van der Waals surface area contributed by atoms with E-state index in [9.17, 15) is 18.0 Å². The molecule has 3 nitrogen and oxygen atoms in total. The van der Waals surface area contributed by atoms with Gasteiger partial charge in [0.1, 0.15) is 0 Å². The second kappa shape index (κ2) is 6.05. The highest BCUT2D eigenvalue weighted by Crippen LogP contribution is 2.29. The molecule has 0 radical (unpaired) electrons. The Hall–Kier alpha value is -1.56. The molecule has 1 fully saturated rings. The van der Waals surface area contributed by atoms with Crippen LogP contribution in [-0.4, -0.2) is 30.4 Å². The molecule has 1 amide bonds. The number of halogens is 3. The van der Waals surface area contributed by atoms with Crippen molar-refractivity contribution in [1.82, 2.24) is 10.2 Å². The Morgan fingerprint density at radius 2 is 1.95 bits per heavy atom. The van der Waals surface area contributed by atoms with E-state index in [4.69, 9.17) is 0 Å². The highest BCUT2D eigenvalue weighted by Gasteiger charge is 2.32. The molecular formula is C15H19F3N2O. The average molecular weight is 300 g/mol. The first-order valence-electron chi connectivity index (χ1n) is 6.93. The summed E-state index contributed by atoms with van der Waals surface area (Å²) in [4.78, 5) is 13.9. The van der Waals surface area contributed by atoms with Gasteiger partial charge in [-0.1, -0.05) is 12.1 Å². The third-order valence-corrected chi connectivity index (χ3v) is 3.92. The van der Waals surface area contributed by atoms with Gasteiger partial charge >= 0.3 is 6.18 Å². The van der Waals surface area contributed by atoms with Crippen molar-refractivity contribution in [2.45, 2.75) is 32.1 Å². The summed E-state index contributed by atoms with van der Waals surface area (Å²) in [6, 6.07) is 5.08. The lowest BCUT2D eigenvalue weighted by molar-refractivity contribution is -0.138. The van der Waals surface area contributed by atoms with Crippen molar-refractivity contribution in [2.75, 3.05) is 13.6 Å². The predicted octanol–water partition coefficient (Wildman–Crippen LogP) is 2.66. The monoisotopic (exact) mass is 300 g/mol. The summed E-state index contributed by atoms with van der Waals surface area (Å²) in [5.41, 5.74) is 0.0197. The summed E-state index contributed by atoms with van der Waals surface area (Å²) in [7, 11) is 1.69. The molecule has 1 aliphatic heterocycles. The van der Waals surface area contributed by atoms with Gasteiger partial charge in [-0.2, -0.15) is 13.2 Å². The molecule has 1 aliphatic rings. The number of alkyl halides is 3. The third-order valence-electron chi connectivity index (χ3n) is 3.92. The van der Waals surface area contributed by atoms with Crippen molar-refractivity contribution in [3.05, 3.63) is 35.4 Å². The molecule has 1 aromatic carbocycles. The maximum absolute atomic E-state index is 12.5. The summed E-state index contributed by atoms with van der Waals surface area (Å²) >= 11 is 0. The molecular weight excluding hydrogens is 281 g/mol. The number of hydrogen-bond acceptors (Lipinski definition) is 2. The predicted molar refractivity (Wildman–Crippen MR) is 73.5 cm³/mol. The van der Waals surface area contributed by atoms with E-state index < -0.39 is 11.7 Å². The first kappa shape index (κ1) is 15.8. The standard InChI is InChI=1S/C15H19F3N2O/c1-10-13(7-8-19-10)14(21)20(2)9-11-3-5-12(6-4-11)15(16,17)18/h3-6,10,13,19H,7-9H2,1-2H3. The lowest BCUT2D eigenvalue weighted by atomic mass is 10.0. The minimum Gasteiger partial charge on any atom is -0.341 e. The van der Waals surface area contributed by atoms with E-state index in [1.165, 1.54) is 12.1 Å². The molecule has 2 rings (SSSR count). The fraction of sp³-hybridized carbons (Fsp3) is 0.533. The zero-order valence-electron chi connectivity index (χ0n) is 12.1. The van der Waals surface area contributed by atoms with E-state index in [1.807, 2.05) is 6.92 Å². The number of hydrogen-bond donors (Lipinski definition) is 1. The molecule has 0 saturated carbocycles. The molecule has 2 unspecified atom stereocenters. The molecule has 21 heavy (non-hydrogen) atoms. The first-order valence-corrected chi connectivity index (χ1v) is 6.93.